The Morgan fingerprint density at radius 3 is 1.86 bits per heavy atom. The molecular weight excluding hydrogens is 262 g/mol. The van der Waals surface area contributed by atoms with Crippen LogP contribution in [-0.4, -0.2) is 33.5 Å². The maximum atomic E-state index is 5.71. The lowest BCUT2D eigenvalue weighted by molar-refractivity contribution is 0.0309. The van der Waals surface area contributed by atoms with Crippen molar-refractivity contribution in [3.8, 4) is 0 Å². The Labute approximate surface area is 130 Å². The highest BCUT2D eigenvalue weighted by Crippen LogP contribution is 2.18. The molecule has 1 rings (SSSR count). The minimum atomic E-state index is 0.233. The molecule has 1 aromatic carbocycles. The van der Waals surface area contributed by atoms with Crippen LogP contribution in [-0.2, 0) is 9.47 Å². The van der Waals surface area contributed by atoms with E-state index in [4.69, 9.17) is 9.47 Å². The van der Waals surface area contributed by atoms with Crippen molar-refractivity contribution in [1.82, 2.24) is 5.32 Å². The monoisotopic (exact) mass is 293 g/mol. The molecule has 0 saturated heterocycles. The minimum absolute atomic E-state index is 0.233. The fraction of sp³-hybridized carbons (Fsp3) is 0.667. The van der Waals surface area contributed by atoms with Gasteiger partial charge in [-0.25, -0.2) is 0 Å². The first-order valence-electron chi connectivity index (χ1n) is 7.97. The summed E-state index contributed by atoms with van der Waals surface area (Å²) in [7, 11) is 1.97. The lowest BCUT2D eigenvalue weighted by Crippen LogP contribution is -2.23. The minimum Gasteiger partial charge on any atom is -0.379 e. The molecule has 0 fully saturated rings. The number of nitrogens with one attached hydrogen (secondary N) is 1. The Bertz CT molecular complexity index is 373. The quantitative estimate of drug-likeness (QED) is 0.666. The Kier molecular flexibility index (Phi) is 8.58. The van der Waals surface area contributed by atoms with Gasteiger partial charge in [0.05, 0.1) is 25.9 Å². The normalized spacial score (nSPS) is 13.1. The van der Waals surface area contributed by atoms with Crippen molar-refractivity contribution in [2.75, 3.05) is 33.5 Å². The van der Waals surface area contributed by atoms with E-state index in [0.29, 0.717) is 31.7 Å². The summed E-state index contributed by atoms with van der Waals surface area (Å²) < 4.78 is 11.2. The summed E-state index contributed by atoms with van der Waals surface area (Å²) in [6, 6.07) is 9.02. The van der Waals surface area contributed by atoms with Crippen LogP contribution in [0.15, 0.2) is 24.3 Å². The van der Waals surface area contributed by atoms with Crippen molar-refractivity contribution >= 4 is 0 Å². The predicted molar refractivity (Wildman–Crippen MR) is 88.8 cm³/mol. The largest absolute Gasteiger partial charge is 0.379 e. The average molecular weight is 293 g/mol. The number of ether oxygens (including phenoxy) is 2. The first-order chi connectivity index (χ1) is 10.0. The number of likely N-dealkylation sites (N-methyl/N-ethyl adjacent to an activating group) is 1. The molecule has 1 aromatic rings. The van der Waals surface area contributed by atoms with E-state index in [9.17, 15) is 0 Å². The molecule has 0 bridgehead atoms. The molecule has 0 spiro atoms. The van der Waals surface area contributed by atoms with Crippen LogP contribution in [0.2, 0.25) is 0 Å². The van der Waals surface area contributed by atoms with E-state index in [2.05, 4.69) is 57.3 Å². The van der Waals surface area contributed by atoms with E-state index in [1.165, 1.54) is 11.1 Å². The lowest BCUT2D eigenvalue weighted by atomic mass is 9.99. The molecule has 3 heteroatoms. The molecular formula is C18H31NO2. The summed E-state index contributed by atoms with van der Waals surface area (Å²) in [6.45, 7) is 11.5. The van der Waals surface area contributed by atoms with Crippen LogP contribution in [0, 0.1) is 5.92 Å². The van der Waals surface area contributed by atoms with Crippen molar-refractivity contribution in [1.29, 1.82) is 0 Å². The van der Waals surface area contributed by atoms with Gasteiger partial charge in [-0.3, -0.25) is 0 Å². The number of rotatable bonds is 10. The molecule has 0 aromatic heterocycles. The van der Waals surface area contributed by atoms with Gasteiger partial charge < -0.3 is 14.8 Å². The molecule has 1 N–H and O–H groups in total. The second kappa shape index (κ2) is 9.93. The van der Waals surface area contributed by atoms with Crippen molar-refractivity contribution in [3.05, 3.63) is 35.4 Å². The Hall–Kier alpha value is -0.900. The number of benzene rings is 1. The van der Waals surface area contributed by atoms with E-state index in [-0.39, 0.29) is 6.04 Å². The van der Waals surface area contributed by atoms with Crippen LogP contribution in [0.3, 0.4) is 0 Å². The summed E-state index contributed by atoms with van der Waals surface area (Å²) in [4.78, 5) is 0. The van der Waals surface area contributed by atoms with Crippen molar-refractivity contribution in [2.24, 2.45) is 5.92 Å². The second-order valence-electron chi connectivity index (χ2n) is 6.21. The third-order valence-electron chi connectivity index (χ3n) is 3.46. The molecule has 3 nitrogen and oxygen atoms in total. The van der Waals surface area contributed by atoms with Gasteiger partial charge in [-0.1, -0.05) is 52.0 Å². The van der Waals surface area contributed by atoms with Gasteiger partial charge in [0.1, 0.15) is 0 Å². The summed E-state index contributed by atoms with van der Waals surface area (Å²) in [5, 5.41) is 3.31. The molecule has 120 valence electrons. The van der Waals surface area contributed by atoms with E-state index in [1.54, 1.807) is 0 Å². The van der Waals surface area contributed by atoms with Crippen LogP contribution in [0.4, 0.5) is 0 Å². The number of hydrogen-bond donors (Lipinski definition) is 1. The SMILES string of the molecule is CNC(COCCOCC(C)C)c1ccc(C(C)C)cc1. The van der Waals surface area contributed by atoms with Crippen molar-refractivity contribution < 1.29 is 9.47 Å². The Morgan fingerprint density at radius 2 is 1.38 bits per heavy atom. The van der Waals surface area contributed by atoms with Gasteiger partial charge >= 0.3 is 0 Å². The maximum Gasteiger partial charge on any atom is 0.0701 e. The van der Waals surface area contributed by atoms with Gasteiger partial charge in [0, 0.05) is 6.61 Å². The van der Waals surface area contributed by atoms with Crippen LogP contribution in [0.25, 0.3) is 0 Å². The average Bonchev–Trinajstić information content (AvgIpc) is 2.46. The highest BCUT2D eigenvalue weighted by molar-refractivity contribution is 5.26. The second-order valence-corrected chi connectivity index (χ2v) is 6.21. The molecule has 1 atom stereocenters. The Balaban J connectivity index is 2.34. The summed E-state index contributed by atoms with van der Waals surface area (Å²) in [5.74, 6) is 1.15. The summed E-state index contributed by atoms with van der Waals surface area (Å²) >= 11 is 0. The van der Waals surface area contributed by atoms with Crippen molar-refractivity contribution in [2.45, 2.75) is 39.7 Å². The molecule has 0 aliphatic rings. The van der Waals surface area contributed by atoms with Gasteiger partial charge in [0.15, 0.2) is 0 Å². The number of hydrogen-bond acceptors (Lipinski definition) is 3. The van der Waals surface area contributed by atoms with Gasteiger partial charge in [-0.15, -0.1) is 0 Å². The molecule has 0 aliphatic carbocycles. The molecule has 0 radical (unpaired) electrons. The maximum absolute atomic E-state index is 5.71. The lowest BCUT2D eigenvalue weighted by Gasteiger charge is -2.18. The summed E-state index contributed by atoms with van der Waals surface area (Å²) in [6.07, 6.45) is 0. The van der Waals surface area contributed by atoms with Crippen LogP contribution >= 0.6 is 0 Å². The first-order valence-corrected chi connectivity index (χ1v) is 7.97. The third-order valence-corrected chi connectivity index (χ3v) is 3.46. The smallest absolute Gasteiger partial charge is 0.0701 e. The molecule has 21 heavy (non-hydrogen) atoms. The van der Waals surface area contributed by atoms with E-state index in [0.717, 1.165) is 6.61 Å². The highest BCUT2D eigenvalue weighted by atomic mass is 16.5. The molecule has 1 unspecified atom stereocenters. The standard InChI is InChI=1S/C18H31NO2/c1-14(2)12-20-10-11-21-13-18(19-5)17-8-6-16(7-9-17)15(3)4/h6-9,14-15,18-19H,10-13H2,1-5H3. The zero-order valence-corrected chi connectivity index (χ0v) is 14.2. The van der Waals surface area contributed by atoms with Crippen molar-refractivity contribution in [3.63, 3.8) is 0 Å². The van der Waals surface area contributed by atoms with Gasteiger partial charge in [-0.05, 0) is 30.0 Å². The van der Waals surface area contributed by atoms with Crippen LogP contribution < -0.4 is 5.32 Å². The fourth-order valence-electron chi connectivity index (χ4n) is 2.10. The van der Waals surface area contributed by atoms with Crippen LogP contribution in [0.1, 0.15) is 50.8 Å². The first kappa shape index (κ1) is 18.1. The predicted octanol–water partition coefficient (Wildman–Crippen LogP) is 3.76. The molecule has 0 heterocycles. The highest BCUT2D eigenvalue weighted by Gasteiger charge is 2.09. The Morgan fingerprint density at radius 1 is 0.857 bits per heavy atom. The van der Waals surface area contributed by atoms with Gasteiger partial charge in [-0.2, -0.15) is 0 Å². The van der Waals surface area contributed by atoms with E-state index >= 15 is 0 Å². The van der Waals surface area contributed by atoms with Crippen LogP contribution in [0.5, 0.6) is 0 Å². The zero-order chi connectivity index (χ0) is 15.7. The van der Waals surface area contributed by atoms with Gasteiger partial charge in [0.2, 0.25) is 0 Å². The molecule has 0 saturated carbocycles. The van der Waals surface area contributed by atoms with E-state index in [1.807, 2.05) is 7.05 Å². The fourth-order valence-corrected chi connectivity index (χ4v) is 2.10. The molecule has 0 amide bonds. The van der Waals surface area contributed by atoms with Gasteiger partial charge in [0.25, 0.3) is 0 Å². The molecule has 0 aliphatic heterocycles. The zero-order valence-electron chi connectivity index (χ0n) is 14.2. The summed E-state index contributed by atoms with van der Waals surface area (Å²) in [5.41, 5.74) is 2.64. The topological polar surface area (TPSA) is 30.5 Å². The third kappa shape index (κ3) is 7.07. The van der Waals surface area contributed by atoms with E-state index < -0.39 is 0 Å².